The van der Waals surface area contributed by atoms with Crippen LogP contribution in [0.5, 0.6) is 0 Å². The van der Waals surface area contributed by atoms with Gasteiger partial charge in [0.05, 0.1) is 49.1 Å². The lowest BCUT2D eigenvalue weighted by Gasteiger charge is -2.32. The largest absolute Gasteiger partial charge is 0.379 e. The molecule has 1 aromatic heterocycles. The van der Waals surface area contributed by atoms with Crippen LogP contribution in [0.2, 0.25) is 5.02 Å². The maximum Gasteiger partial charge on any atom is 0.322 e. The van der Waals surface area contributed by atoms with Crippen LogP contribution < -0.4 is 5.32 Å². The monoisotopic (exact) mass is 392 g/mol. The van der Waals surface area contributed by atoms with E-state index in [1.54, 1.807) is 11.1 Å². The number of nitrogens with one attached hydrogen (secondary N) is 1. The molecule has 146 valence electrons. The lowest BCUT2D eigenvalue weighted by atomic mass is 10.2. The number of anilines is 1. The quantitative estimate of drug-likeness (QED) is 0.818. The number of urea groups is 1. The first-order chi connectivity index (χ1) is 13.1. The molecule has 0 bridgehead atoms. The van der Waals surface area contributed by atoms with E-state index in [2.05, 4.69) is 10.4 Å². The Morgan fingerprint density at radius 2 is 2.15 bits per heavy atom. The van der Waals surface area contributed by atoms with Gasteiger partial charge in [0, 0.05) is 18.2 Å². The molecule has 1 aliphatic heterocycles. The van der Waals surface area contributed by atoms with Gasteiger partial charge in [-0.2, -0.15) is 5.10 Å². The lowest BCUT2D eigenvalue weighted by molar-refractivity contribution is -0.0555. The van der Waals surface area contributed by atoms with Crippen molar-refractivity contribution < 1.29 is 14.3 Å². The minimum absolute atomic E-state index is 0.0908. The van der Waals surface area contributed by atoms with Crippen molar-refractivity contribution in [2.75, 3.05) is 38.2 Å². The third-order valence-electron chi connectivity index (χ3n) is 4.45. The molecule has 0 aliphatic carbocycles. The van der Waals surface area contributed by atoms with Crippen molar-refractivity contribution in [2.24, 2.45) is 0 Å². The summed E-state index contributed by atoms with van der Waals surface area (Å²) >= 11 is 5.96. The van der Waals surface area contributed by atoms with E-state index < -0.39 is 0 Å². The second-order valence-corrected chi connectivity index (χ2v) is 6.71. The van der Waals surface area contributed by atoms with Crippen LogP contribution in [0.1, 0.15) is 19.5 Å². The highest BCUT2D eigenvalue weighted by Crippen LogP contribution is 2.22. The smallest absolute Gasteiger partial charge is 0.322 e. The number of morpholine rings is 1. The van der Waals surface area contributed by atoms with Crippen LogP contribution in [0, 0.1) is 0 Å². The zero-order valence-corrected chi connectivity index (χ0v) is 16.4. The number of carbonyl (C=O) groups is 1. The zero-order chi connectivity index (χ0) is 19.2. The van der Waals surface area contributed by atoms with Gasteiger partial charge in [0.1, 0.15) is 0 Å². The van der Waals surface area contributed by atoms with E-state index in [1.165, 1.54) is 0 Å². The Bertz CT molecular complexity index is 763. The fourth-order valence-electron chi connectivity index (χ4n) is 3.07. The fraction of sp³-hybridized carbons (Fsp3) is 0.474. The highest BCUT2D eigenvalue weighted by atomic mass is 35.5. The number of benzene rings is 1. The number of hydrogen-bond acceptors (Lipinski definition) is 4. The predicted octanol–water partition coefficient (Wildman–Crippen LogP) is 3.36. The number of amides is 2. The molecular weight excluding hydrogens is 368 g/mol. The first kappa shape index (κ1) is 19.7. The molecule has 1 unspecified atom stereocenters. The summed E-state index contributed by atoms with van der Waals surface area (Å²) in [5, 5.41) is 8.10. The summed E-state index contributed by atoms with van der Waals surface area (Å²) in [5.41, 5.74) is 2.55. The maximum absolute atomic E-state index is 12.7. The Labute approximate surface area is 164 Å². The molecule has 7 nitrogen and oxygen atoms in total. The van der Waals surface area contributed by atoms with Gasteiger partial charge in [-0.05, 0) is 37.6 Å². The highest BCUT2D eigenvalue weighted by Gasteiger charge is 2.25. The van der Waals surface area contributed by atoms with Crippen molar-refractivity contribution in [3.05, 3.63) is 41.2 Å². The second-order valence-electron chi connectivity index (χ2n) is 6.28. The zero-order valence-electron chi connectivity index (χ0n) is 15.7. The summed E-state index contributed by atoms with van der Waals surface area (Å²) in [6, 6.07) is 7.30. The summed E-state index contributed by atoms with van der Waals surface area (Å²) in [6.07, 6.45) is 2.32. The fourth-order valence-corrected chi connectivity index (χ4v) is 3.20. The topological polar surface area (TPSA) is 68.6 Å². The number of rotatable bonds is 6. The molecular formula is C19H25ClN4O3. The summed E-state index contributed by atoms with van der Waals surface area (Å²) in [4.78, 5) is 14.5. The van der Waals surface area contributed by atoms with E-state index in [0.29, 0.717) is 43.6 Å². The number of hydrogen-bond donors (Lipinski definition) is 1. The highest BCUT2D eigenvalue weighted by molar-refractivity contribution is 6.30. The number of carbonyl (C=O) groups excluding carboxylic acids is 1. The van der Waals surface area contributed by atoms with Gasteiger partial charge in [-0.3, -0.25) is 0 Å². The van der Waals surface area contributed by atoms with Crippen LogP contribution >= 0.6 is 11.6 Å². The van der Waals surface area contributed by atoms with E-state index in [4.69, 9.17) is 21.1 Å². The predicted molar refractivity (Wildman–Crippen MR) is 105 cm³/mol. The first-order valence-electron chi connectivity index (χ1n) is 9.20. The minimum Gasteiger partial charge on any atom is -0.379 e. The first-order valence-corrected chi connectivity index (χ1v) is 9.58. The van der Waals surface area contributed by atoms with E-state index in [9.17, 15) is 4.79 Å². The molecule has 0 spiro atoms. The Balaban J connectivity index is 1.70. The van der Waals surface area contributed by atoms with Crippen molar-refractivity contribution in [1.82, 2.24) is 14.7 Å². The summed E-state index contributed by atoms with van der Waals surface area (Å²) in [7, 11) is 0. The summed E-state index contributed by atoms with van der Waals surface area (Å²) in [5.74, 6) is 0. The average molecular weight is 393 g/mol. The van der Waals surface area contributed by atoms with E-state index in [1.807, 2.05) is 42.8 Å². The molecule has 2 aromatic rings. The van der Waals surface area contributed by atoms with Gasteiger partial charge >= 0.3 is 6.03 Å². The molecule has 1 N–H and O–H groups in total. The van der Waals surface area contributed by atoms with Crippen molar-refractivity contribution in [1.29, 1.82) is 0 Å². The lowest BCUT2D eigenvalue weighted by Crippen LogP contribution is -2.48. The minimum atomic E-state index is -0.148. The number of aromatic nitrogens is 2. The molecule has 3 rings (SSSR count). The van der Waals surface area contributed by atoms with Gasteiger partial charge < -0.3 is 19.7 Å². The Hall–Kier alpha value is -2.09. The van der Waals surface area contributed by atoms with Gasteiger partial charge in [0.2, 0.25) is 0 Å². The number of halogens is 1. The summed E-state index contributed by atoms with van der Waals surface area (Å²) in [6.45, 7) is 6.68. The maximum atomic E-state index is 12.7. The normalized spacial score (nSPS) is 17.1. The van der Waals surface area contributed by atoms with Crippen LogP contribution in [0.15, 0.2) is 30.5 Å². The molecule has 0 saturated carbocycles. The SMILES string of the molecule is CCOCC1CN(C(=O)Nc2cnn(-c3ccc(Cl)cc3)c2CC)CCO1. The molecule has 1 aliphatic rings. The van der Waals surface area contributed by atoms with Gasteiger partial charge in [-0.15, -0.1) is 0 Å². The van der Waals surface area contributed by atoms with Crippen molar-refractivity contribution in [2.45, 2.75) is 26.4 Å². The van der Waals surface area contributed by atoms with Crippen LogP contribution in [-0.2, 0) is 15.9 Å². The standard InChI is InChI=1S/C19H25ClN4O3/c1-3-18-17(11-21-24(18)15-7-5-14(20)6-8-15)22-19(25)23-9-10-27-16(12-23)13-26-4-2/h5-8,11,16H,3-4,9-10,12-13H2,1-2H3,(H,22,25). The Morgan fingerprint density at radius 1 is 1.37 bits per heavy atom. The summed E-state index contributed by atoms with van der Waals surface area (Å²) < 4.78 is 12.9. The molecule has 1 saturated heterocycles. The van der Waals surface area contributed by atoms with E-state index in [-0.39, 0.29) is 12.1 Å². The second kappa shape index (κ2) is 9.21. The van der Waals surface area contributed by atoms with E-state index in [0.717, 1.165) is 17.8 Å². The number of nitrogens with zero attached hydrogens (tertiary/aromatic N) is 3. The molecule has 1 aromatic carbocycles. The molecule has 8 heteroatoms. The van der Waals surface area contributed by atoms with Gasteiger partial charge in [-0.25, -0.2) is 9.48 Å². The molecule has 2 heterocycles. The van der Waals surface area contributed by atoms with Gasteiger partial charge in [0.15, 0.2) is 0 Å². The molecule has 1 fully saturated rings. The Morgan fingerprint density at radius 3 is 2.85 bits per heavy atom. The van der Waals surface area contributed by atoms with Crippen molar-refractivity contribution in [3.63, 3.8) is 0 Å². The van der Waals surface area contributed by atoms with Crippen LogP contribution in [-0.4, -0.2) is 59.7 Å². The third-order valence-corrected chi connectivity index (χ3v) is 4.70. The van der Waals surface area contributed by atoms with Crippen LogP contribution in [0.3, 0.4) is 0 Å². The van der Waals surface area contributed by atoms with Crippen LogP contribution in [0.4, 0.5) is 10.5 Å². The number of ether oxygens (including phenoxy) is 2. The molecule has 2 amide bonds. The molecule has 27 heavy (non-hydrogen) atoms. The Kier molecular flexibility index (Phi) is 6.71. The van der Waals surface area contributed by atoms with Gasteiger partial charge in [0.25, 0.3) is 0 Å². The van der Waals surface area contributed by atoms with E-state index >= 15 is 0 Å². The molecule has 0 radical (unpaired) electrons. The van der Waals surface area contributed by atoms with Crippen molar-refractivity contribution >= 4 is 23.3 Å². The average Bonchev–Trinajstić information content (AvgIpc) is 3.09. The third kappa shape index (κ3) is 4.80. The molecule has 1 atom stereocenters. The van der Waals surface area contributed by atoms with Crippen molar-refractivity contribution in [3.8, 4) is 5.69 Å². The van der Waals surface area contributed by atoms with Gasteiger partial charge in [-0.1, -0.05) is 18.5 Å². The van der Waals surface area contributed by atoms with Crippen LogP contribution in [0.25, 0.3) is 5.69 Å².